The van der Waals surface area contributed by atoms with Crippen LogP contribution in [0.4, 0.5) is 30.2 Å². The Balaban J connectivity index is 2.39. The summed E-state index contributed by atoms with van der Waals surface area (Å²) in [6.07, 6.45) is -1.60. The molecule has 0 aliphatic heterocycles. The van der Waals surface area contributed by atoms with Crippen LogP contribution in [0.15, 0.2) is 36.7 Å². The van der Waals surface area contributed by atoms with E-state index in [-0.39, 0.29) is 11.3 Å². The Morgan fingerprint density at radius 3 is 2.55 bits per heavy atom. The van der Waals surface area contributed by atoms with Gasteiger partial charge < -0.3 is 11.1 Å². The Labute approximate surface area is 112 Å². The van der Waals surface area contributed by atoms with Gasteiger partial charge in [-0.15, -0.1) is 0 Å². The number of nitrogen functional groups attached to an aromatic ring is 1. The summed E-state index contributed by atoms with van der Waals surface area (Å²) >= 11 is 0. The zero-order chi connectivity index (χ0) is 14.8. The van der Waals surface area contributed by atoms with Gasteiger partial charge in [0.2, 0.25) is 0 Å². The molecule has 102 valence electrons. The molecule has 0 radical (unpaired) electrons. The maximum Gasteiger partial charge on any atom is 0.416 e. The van der Waals surface area contributed by atoms with Crippen molar-refractivity contribution in [3.8, 4) is 6.07 Å². The molecular weight excluding hydrogens is 269 g/mol. The second kappa shape index (κ2) is 5.09. The third-order valence-corrected chi connectivity index (χ3v) is 2.59. The number of halogens is 3. The zero-order valence-electron chi connectivity index (χ0n) is 10.1. The summed E-state index contributed by atoms with van der Waals surface area (Å²) in [6, 6.07) is 6.18. The van der Waals surface area contributed by atoms with E-state index in [1.165, 1.54) is 18.5 Å². The molecule has 0 atom stereocenters. The monoisotopic (exact) mass is 278 g/mol. The van der Waals surface area contributed by atoms with Crippen LogP contribution < -0.4 is 11.1 Å². The van der Waals surface area contributed by atoms with Gasteiger partial charge in [0.15, 0.2) is 0 Å². The fourth-order valence-corrected chi connectivity index (χ4v) is 1.59. The molecule has 0 saturated heterocycles. The number of hydrogen-bond acceptors (Lipinski definition) is 4. The minimum Gasteiger partial charge on any atom is -0.396 e. The van der Waals surface area contributed by atoms with Gasteiger partial charge in [-0.05, 0) is 24.3 Å². The van der Waals surface area contributed by atoms with Crippen molar-refractivity contribution in [1.82, 2.24) is 4.98 Å². The standard InChI is InChI=1S/C13H9F3N4/c14-13(15,16)9-1-2-11(8(5-9)6-17)20-12-3-4-19-7-10(12)18/h1-5,7H,18H2,(H,19,20). The van der Waals surface area contributed by atoms with E-state index >= 15 is 0 Å². The number of alkyl halides is 3. The SMILES string of the molecule is N#Cc1cc(C(F)(F)F)ccc1Nc1ccncc1N. The van der Waals surface area contributed by atoms with Crippen molar-refractivity contribution in [2.75, 3.05) is 11.1 Å². The first kappa shape index (κ1) is 13.7. The molecule has 0 aliphatic carbocycles. The molecule has 0 spiro atoms. The Bertz CT molecular complexity index is 674. The van der Waals surface area contributed by atoms with Gasteiger partial charge in [0.05, 0.1) is 34.4 Å². The van der Waals surface area contributed by atoms with Gasteiger partial charge in [-0.3, -0.25) is 4.98 Å². The van der Waals surface area contributed by atoms with Crippen LogP contribution in [-0.2, 0) is 6.18 Å². The summed E-state index contributed by atoms with van der Waals surface area (Å²) in [6.45, 7) is 0. The third kappa shape index (κ3) is 2.80. The van der Waals surface area contributed by atoms with E-state index in [2.05, 4.69) is 10.3 Å². The molecule has 0 saturated carbocycles. The smallest absolute Gasteiger partial charge is 0.396 e. The van der Waals surface area contributed by atoms with E-state index in [0.717, 1.165) is 12.1 Å². The second-order valence-electron chi connectivity index (χ2n) is 3.96. The van der Waals surface area contributed by atoms with Crippen LogP contribution in [0.2, 0.25) is 0 Å². The highest BCUT2D eigenvalue weighted by Crippen LogP contribution is 2.33. The molecule has 0 amide bonds. The first-order valence-electron chi connectivity index (χ1n) is 5.49. The molecule has 0 fully saturated rings. The second-order valence-corrected chi connectivity index (χ2v) is 3.96. The lowest BCUT2D eigenvalue weighted by molar-refractivity contribution is -0.137. The van der Waals surface area contributed by atoms with Gasteiger partial charge in [0.25, 0.3) is 0 Å². The fraction of sp³-hybridized carbons (Fsp3) is 0.0769. The van der Waals surface area contributed by atoms with E-state index in [9.17, 15) is 13.2 Å². The quantitative estimate of drug-likeness (QED) is 0.883. The highest BCUT2D eigenvalue weighted by molar-refractivity contribution is 5.74. The van der Waals surface area contributed by atoms with Crippen LogP contribution in [-0.4, -0.2) is 4.98 Å². The molecule has 7 heteroatoms. The molecule has 2 aromatic rings. The van der Waals surface area contributed by atoms with Crippen molar-refractivity contribution in [2.45, 2.75) is 6.18 Å². The van der Waals surface area contributed by atoms with Gasteiger partial charge in [-0.1, -0.05) is 0 Å². The largest absolute Gasteiger partial charge is 0.416 e. The van der Waals surface area contributed by atoms with Gasteiger partial charge >= 0.3 is 6.18 Å². The Kier molecular flexibility index (Phi) is 3.48. The third-order valence-electron chi connectivity index (χ3n) is 2.59. The van der Waals surface area contributed by atoms with Crippen molar-refractivity contribution in [3.63, 3.8) is 0 Å². The van der Waals surface area contributed by atoms with Crippen LogP contribution >= 0.6 is 0 Å². The summed E-state index contributed by atoms with van der Waals surface area (Å²) in [4.78, 5) is 3.80. The summed E-state index contributed by atoms with van der Waals surface area (Å²) in [5, 5.41) is 11.8. The highest BCUT2D eigenvalue weighted by atomic mass is 19.4. The van der Waals surface area contributed by atoms with Crippen molar-refractivity contribution < 1.29 is 13.2 Å². The summed E-state index contributed by atoms with van der Waals surface area (Å²) in [5.74, 6) is 0. The van der Waals surface area contributed by atoms with Crippen molar-refractivity contribution in [1.29, 1.82) is 5.26 Å². The topological polar surface area (TPSA) is 74.7 Å². The van der Waals surface area contributed by atoms with E-state index in [1.54, 1.807) is 12.1 Å². The predicted octanol–water partition coefficient (Wildman–Crippen LogP) is 3.30. The number of rotatable bonds is 2. The highest BCUT2D eigenvalue weighted by Gasteiger charge is 2.31. The molecule has 20 heavy (non-hydrogen) atoms. The van der Waals surface area contributed by atoms with Crippen molar-refractivity contribution in [2.24, 2.45) is 0 Å². The minimum atomic E-state index is -4.49. The molecule has 1 aromatic heterocycles. The molecule has 4 nitrogen and oxygen atoms in total. The maximum absolute atomic E-state index is 12.6. The first-order chi connectivity index (χ1) is 9.41. The number of anilines is 3. The first-order valence-corrected chi connectivity index (χ1v) is 5.49. The van der Waals surface area contributed by atoms with E-state index in [1.807, 2.05) is 0 Å². The van der Waals surface area contributed by atoms with Gasteiger partial charge in [0, 0.05) is 6.20 Å². The van der Waals surface area contributed by atoms with Gasteiger partial charge in [-0.25, -0.2) is 0 Å². The Morgan fingerprint density at radius 2 is 1.95 bits per heavy atom. The van der Waals surface area contributed by atoms with Gasteiger partial charge in [-0.2, -0.15) is 18.4 Å². The normalized spacial score (nSPS) is 10.9. The number of nitriles is 1. The van der Waals surface area contributed by atoms with Crippen LogP contribution in [0.25, 0.3) is 0 Å². The average Bonchev–Trinajstić information content (AvgIpc) is 2.40. The van der Waals surface area contributed by atoms with Crippen molar-refractivity contribution >= 4 is 17.1 Å². The number of nitrogens with one attached hydrogen (secondary N) is 1. The molecule has 0 bridgehead atoms. The molecular formula is C13H9F3N4. The Hall–Kier alpha value is -2.75. The van der Waals surface area contributed by atoms with Crippen LogP contribution in [0.5, 0.6) is 0 Å². The average molecular weight is 278 g/mol. The summed E-state index contributed by atoms with van der Waals surface area (Å²) in [5.41, 5.74) is 5.73. The summed E-state index contributed by atoms with van der Waals surface area (Å²) < 4.78 is 37.7. The molecule has 3 N–H and O–H groups in total. The molecule has 1 heterocycles. The number of hydrogen-bond donors (Lipinski definition) is 2. The molecule has 1 aromatic carbocycles. The number of pyridine rings is 1. The lowest BCUT2D eigenvalue weighted by atomic mass is 10.1. The van der Waals surface area contributed by atoms with Crippen LogP contribution in [0, 0.1) is 11.3 Å². The molecule has 2 rings (SSSR count). The van der Waals surface area contributed by atoms with E-state index in [0.29, 0.717) is 11.4 Å². The number of nitrogens with two attached hydrogens (primary N) is 1. The van der Waals surface area contributed by atoms with Crippen molar-refractivity contribution in [3.05, 3.63) is 47.8 Å². The fourth-order valence-electron chi connectivity index (χ4n) is 1.59. The lowest BCUT2D eigenvalue weighted by Gasteiger charge is -2.12. The number of benzene rings is 1. The van der Waals surface area contributed by atoms with Gasteiger partial charge in [0.1, 0.15) is 6.07 Å². The van der Waals surface area contributed by atoms with E-state index in [4.69, 9.17) is 11.0 Å². The number of aromatic nitrogens is 1. The maximum atomic E-state index is 12.6. The number of nitrogens with zero attached hydrogens (tertiary/aromatic N) is 2. The summed E-state index contributed by atoms with van der Waals surface area (Å²) in [7, 11) is 0. The van der Waals surface area contributed by atoms with E-state index < -0.39 is 11.7 Å². The van der Waals surface area contributed by atoms with Crippen LogP contribution in [0.1, 0.15) is 11.1 Å². The van der Waals surface area contributed by atoms with Crippen LogP contribution in [0.3, 0.4) is 0 Å². The Morgan fingerprint density at radius 1 is 1.20 bits per heavy atom. The zero-order valence-corrected chi connectivity index (χ0v) is 10.1. The molecule has 0 aliphatic rings. The lowest BCUT2D eigenvalue weighted by Crippen LogP contribution is -2.06. The minimum absolute atomic E-state index is 0.115. The predicted molar refractivity (Wildman–Crippen MR) is 68.1 cm³/mol. The molecule has 0 unspecified atom stereocenters.